The number of halogens is 1. The molecule has 0 unspecified atom stereocenters. The fourth-order valence-corrected chi connectivity index (χ4v) is 1.80. The zero-order chi connectivity index (χ0) is 12.2. The van der Waals surface area contributed by atoms with Crippen molar-refractivity contribution in [2.45, 2.75) is 32.3 Å². The van der Waals surface area contributed by atoms with Crippen LogP contribution in [0.2, 0.25) is 0 Å². The number of methoxy groups -OCH3 is 1. The smallest absolute Gasteiger partial charge is 0.140 e. The van der Waals surface area contributed by atoms with Gasteiger partial charge in [-0.05, 0) is 54.1 Å². The SMILES string of the molecule is COC(C)(C)CC(=O)Cc1ccc(I)cc1. The molecule has 0 fully saturated rings. The molecule has 3 heteroatoms. The summed E-state index contributed by atoms with van der Waals surface area (Å²) >= 11 is 2.25. The molecule has 0 aliphatic carbocycles. The molecule has 0 aliphatic rings. The van der Waals surface area contributed by atoms with Gasteiger partial charge in [-0.15, -0.1) is 0 Å². The van der Waals surface area contributed by atoms with Gasteiger partial charge in [0, 0.05) is 23.5 Å². The van der Waals surface area contributed by atoms with Crippen LogP contribution in [0.5, 0.6) is 0 Å². The molecule has 0 aliphatic heterocycles. The van der Waals surface area contributed by atoms with Crippen molar-refractivity contribution in [3.8, 4) is 0 Å². The zero-order valence-electron chi connectivity index (χ0n) is 9.92. The van der Waals surface area contributed by atoms with Crippen molar-refractivity contribution >= 4 is 28.4 Å². The van der Waals surface area contributed by atoms with Crippen LogP contribution >= 0.6 is 22.6 Å². The molecule has 0 amide bonds. The Kier molecular flexibility index (Phi) is 4.92. The van der Waals surface area contributed by atoms with Crippen molar-refractivity contribution in [3.05, 3.63) is 33.4 Å². The van der Waals surface area contributed by atoms with Crippen LogP contribution in [0, 0.1) is 3.57 Å². The maximum Gasteiger partial charge on any atom is 0.140 e. The van der Waals surface area contributed by atoms with Crippen LogP contribution in [0.15, 0.2) is 24.3 Å². The first-order valence-corrected chi connectivity index (χ1v) is 6.32. The van der Waals surface area contributed by atoms with Crippen LogP contribution < -0.4 is 0 Å². The quantitative estimate of drug-likeness (QED) is 0.774. The minimum absolute atomic E-state index is 0.216. The van der Waals surface area contributed by atoms with Gasteiger partial charge >= 0.3 is 0 Å². The molecule has 0 spiro atoms. The second kappa shape index (κ2) is 5.77. The highest BCUT2D eigenvalue weighted by atomic mass is 127. The van der Waals surface area contributed by atoms with E-state index in [9.17, 15) is 4.79 Å². The van der Waals surface area contributed by atoms with E-state index in [1.807, 2.05) is 38.1 Å². The minimum atomic E-state index is -0.361. The van der Waals surface area contributed by atoms with E-state index in [1.54, 1.807) is 7.11 Å². The molecular weight excluding hydrogens is 315 g/mol. The van der Waals surface area contributed by atoms with Crippen LogP contribution in [0.25, 0.3) is 0 Å². The largest absolute Gasteiger partial charge is 0.378 e. The third kappa shape index (κ3) is 4.61. The number of benzene rings is 1. The standard InChI is InChI=1S/C13H17IO2/c1-13(2,16-3)9-12(15)8-10-4-6-11(14)7-5-10/h4-7H,8-9H2,1-3H3. The highest BCUT2D eigenvalue weighted by molar-refractivity contribution is 14.1. The Hall–Kier alpha value is -0.420. The van der Waals surface area contributed by atoms with E-state index in [0.717, 1.165) is 5.56 Å². The number of Topliss-reactive ketones (excluding diaryl/α,β-unsaturated/α-hetero) is 1. The van der Waals surface area contributed by atoms with Gasteiger partial charge in [0.25, 0.3) is 0 Å². The van der Waals surface area contributed by atoms with Crippen molar-refractivity contribution < 1.29 is 9.53 Å². The number of ether oxygens (including phenoxy) is 1. The van der Waals surface area contributed by atoms with E-state index >= 15 is 0 Å². The number of hydrogen-bond donors (Lipinski definition) is 0. The molecule has 1 rings (SSSR count). The van der Waals surface area contributed by atoms with Gasteiger partial charge in [0.05, 0.1) is 5.60 Å². The molecule has 0 bridgehead atoms. The van der Waals surface area contributed by atoms with E-state index in [0.29, 0.717) is 12.8 Å². The molecule has 0 atom stereocenters. The molecule has 16 heavy (non-hydrogen) atoms. The first-order chi connectivity index (χ1) is 7.43. The van der Waals surface area contributed by atoms with Crippen LogP contribution in [-0.4, -0.2) is 18.5 Å². The average Bonchev–Trinajstić information content (AvgIpc) is 2.21. The number of carbonyl (C=O) groups excluding carboxylic acids is 1. The van der Waals surface area contributed by atoms with Crippen molar-refractivity contribution in [1.82, 2.24) is 0 Å². The van der Waals surface area contributed by atoms with E-state index in [2.05, 4.69) is 22.6 Å². The highest BCUT2D eigenvalue weighted by Crippen LogP contribution is 2.15. The average molecular weight is 332 g/mol. The Labute approximate surface area is 111 Å². The second-order valence-corrected chi connectivity index (χ2v) is 5.73. The van der Waals surface area contributed by atoms with E-state index < -0.39 is 0 Å². The van der Waals surface area contributed by atoms with Crippen molar-refractivity contribution in [1.29, 1.82) is 0 Å². The lowest BCUT2D eigenvalue weighted by atomic mass is 9.97. The normalized spacial score (nSPS) is 11.5. The van der Waals surface area contributed by atoms with E-state index in [-0.39, 0.29) is 11.4 Å². The van der Waals surface area contributed by atoms with Crippen molar-refractivity contribution in [2.75, 3.05) is 7.11 Å². The van der Waals surface area contributed by atoms with Gasteiger partial charge in [-0.25, -0.2) is 0 Å². The van der Waals surface area contributed by atoms with Gasteiger partial charge in [-0.2, -0.15) is 0 Å². The lowest BCUT2D eigenvalue weighted by Crippen LogP contribution is -2.27. The molecule has 0 saturated carbocycles. The summed E-state index contributed by atoms with van der Waals surface area (Å²) in [5.74, 6) is 0.216. The summed E-state index contributed by atoms with van der Waals surface area (Å²) < 4.78 is 6.43. The fourth-order valence-electron chi connectivity index (χ4n) is 1.44. The van der Waals surface area contributed by atoms with Crippen LogP contribution in [-0.2, 0) is 16.0 Å². The predicted octanol–water partition coefficient (Wildman–Crippen LogP) is 3.22. The minimum Gasteiger partial charge on any atom is -0.378 e. The molecular formula is C13H17IO2. The maximum absolute atomic E-state index is 11.8. The van der Waals surface area contributed by atoms with Crippen LogP contribution in [0.1, 0.15) is 25.8 Å². The first-order valence-electron chi connectivity index (χ1n) is 5.24. The number of ketones is 1. The Morgan fingerprint density at radius 1 is 1.31 bits per heavy atom. The van der Waals surface area contributed by atoms with Gasteiger partial charge in [0.15, 0.2) is 0 Å². The predicted molar refractivity (Wildman–Crippen MR) is 73.6 cm³/mol. The number of hydrogen-bond acceptors (Lipinski definition) is 2. The Balaban J connectivity index is 2.55. The Morgan fingerprint density at radius 3 is 2.38 bits per heavy atom. The molecule has 1 aromatic rings. The maximum atomic E-state index is 11.8. The third-order valence-corrected chi connectivity index (χ3v) is 3.21. The molecule has 0 saturated heterocycles. The second-order valence-electron chi connectivity index (χ2n) is 4.48. The summed E-state index contributed by atoms with van der Waals surface area (Å²) in [4.78, 5) is 11.8. The van der Waals surface area contributed by atoms with Gasteiger partial charge in [-0.3, -0.25) is 4.79 Å². The topological polar surface area (TPSA) is 26.3 Å². The van der Waals surface area contributed by atoms with Gasteiger partial charge in [0.1, 0.15) is 5.78 Å². The summed E-state index contributed by atoms with van der Waals surface area (Å²) in [6.07, 6.45) is 0.944. The summed E-state index contributed by atoms with van der Waals surface area (Å²) in [5, 5.41) is 0. The van der Waals surface area contributed by atoms with E-state index in [1.165, 1.54) is 3.57 Å². The lowest BCUT2D eigenvalue weighted by Gasteiger charge is -2.21. The molecule has 0 radical (unpaired) electrons. The summed E-state index contributed by atoms with van der Waals surface area (Å²) in [6.45, 7) is 3.86. The zero-order valence-corrected chi connectivity index (χ0v) is 12.1. The third-order valence-electron chi connectivity index (χ3n) is 2.49. The van der Waals surface area contributed by atoms with E-state index in [4.69, 9.17) is 4.74 Å². The first kappa shape index (κ1) is 13.6. The fraction of sp³-hybridized carbons (Fsp3) is 0.462. The highest BCUT2D eigenvalue weighted by Gasteiger charge is 2.20. The summed E-state index contributed by atoms with van der Waals surface area (Å²) in [5.41, 5.74) is 0.706. The molecule has 0 N–H and O–H groups in total. The summed E-state index contributed by atoms with van der Waals surface area (Å²) in [6, 6.07) is 8.04. The van der Waals surface area contributed by atoms with Crippen molar-refractivity contribution in [2.24, 2.45) is 0 Å². The Morgan fingerprint density at radius 2 is 1.88 bits per heavy atom. The lowest BCUT2D eigenvalue weighted by molar-refractivity contribution is -0.123. The Bertz CT molecular complexity index is 355. The molecule has 0 heterocycles. The number of rotatable bonds is 5. The molecule has 2 nitrogen and oxygen atoms in total. The van der Waals surface area contributed by atoms with Crippen LogP contribution in [0.3, 0.4) is 0 Å². The molecule has 88 valence electrons. The molecule has 0 aromatic heterocycles. The molecule has 1 aromatic carbocycles. The van der Waals surface area contributed by atoms with Gasteiger partial charge in [-0.1, -0.05) is 12.1 Å². The van der Waals surface area contributed by atoms with Crippen LogP contribution in [0.4, 0.5) is 0 Å². The van der Waals surface area contributed by atoms with Gasteiger partial charge in [0.2, 0.25) is 0 Å². The van der Waals surface area contributed by atoms with Gasteiger partial charge < -0.3 is 4.74 Å². The summed E-state index contributed by atoms with van der Waals surface area (Å²) in [7, 11) is 1.64. The monoisotopic (exact) mass is 332 g/mol. The number of carbonyl (C=O) groups is 1. The van der Waals surface area contributed by atoms with Crippen molar-refractivity contribution in [3.63, 3.8) is 0 Å².